The van der Waals surface area contributed by atoms with Crippen LogP contribution in [-0.4, -0.2) is 19.1 Å². The summed E-state index contributed by atoms with van der Waals surface area (Å²) in [5.41, 5.74) is 1.36. The van der Waals surface area contributed by atoms with Gasteiger partial charge in [-0.3, -0.25) is 0 Å². The Bertz CT molecular complexity index is 242. The fourth-order valence-corrected chi connectivity index (χ4v) is 1.51. The van der Waals surface area contributed by atoms with E-state index in [2.05, 4.69) is 41.0 Å². The summed E-state index contributed by atoms with van der Waals surface area (Å²) in [6.07, 6.45) is 1.32. The zero-order chi connectivity index (χ0) is 8.93. The van der Waals surface area contributed by atoms with Crippen molar-refractivity contribution in [2.75, 3.05) is 13.1 Å². The minimum absolute atomic E-state index is 0.712. The lowest BCUT2D eigenvalue weighted by atomic mass is 10.1. The van der Waals surface area contributed by atoms with Crippen molar-refractivity contribution in [1.29, 1.82) is 0 Å². The maximum atomic E-state index is 3.44. The Morgan fingerprint density at radius 1 is 1.31 bits per heavy atom. The Balaban J connectivity index is 1.67. The van der Waals surface area contributed by atoms with Crippen molar-refractivity contribution in [3.63, 3.8) is 0 Å². The van der Waals surface area contributed by atoms with Gasteiger partial charge in [0.25, 0.3) is 0 Å². The van der Waals surface area contributed by atoms with E-state index in [1.165, 1.54) is 18.5 Å². The maximum Gasteiger partial charge on any atom is 0.0206 e. The van der Waals surface area contributed by atoms with E-state index in [1.54, 1.807) is 0 Å². The maximum absolute atomic E-state index is 3.44. The Morgan fingerprint density at radius 2 is 2.08 bits per heavy atom. The molecular weight excluding hydrogens is 160 g/mol. The van der Waals surface area contributed by atoms with E-state index in [9.17, 15) is 0 Å². The average Bonchev–Trinajstić information content (AvgIpc) is 2.11. The van der Waals surface area contributed by atoms with Crippen LogP contribution in [0, 0.1) is 0 Å². The van der Waals surface area contributed by atoms with Crippen LogP contribution < -0.4 is 10.6 Å². The number of hydrogen-bond acceptors (Lipinski definition) is 2. The first-order valence-corrected chi connectivity index (χ1v) is 4.93. The summed E-state index contributed by atoms with van der Waals surface area (Å²) in [7, 11) is 0. The summed E-state index contributed by atoms with van der Waals surface area (Å²) in [5, 5.41) is 6.81. The van der Waals surface area contributed by atoms with Gasteiger partial charge in [0, 0.05) is 19.1 Å². The van der Waals surface area contributed by atoms with Crippen LogP contribution in [0.15, 0.2) is 30.3 Å². The van der Waals surface area contributed by atoms with Gasteiger partial charge in [0.15, 0.2) is 0 Å². The van der Waals surface area contributed by atoms with Crippen molar-refractivity contribution in [3.05, 3.63) is 35.9 Å². The summed E-state index contributed by atoms with van der Waals surface area (Å²) in [5.74, 6) is 0. The highest BCUT2D eigenvalue weighted by atomic mass is 15.0. The highest BCUT2D eigenvalue weighted by Crippen LogP contribution is 2.01. The van der Waals surface area contributed by atoms with E-state index in [0.717, 1.165) is 13.1 Å². The van der Waals surface area contributed by atoms with Crippen LogP contribution >= 0.6 is 0 Å². The fourth-order valence-electron chi connectivity index (χ4n) is 1.51. The normalized spacial score (nSPS) is 21.1. The molecule has 2 rings (SSSR count). The third kappa shape index (κ3) is 2.54. The summed E-state index contributed by atoms with van der Waals surface area (Å²) < 4.78 is 0. The number of rotatable bonds is 4. The molecule has 1 saturated heterocycles. The van der Waals surface area contributed by atoms with Crippen molar-refractivity contribution in [2.45, 2.75) is 19.0 Å². The van der Waals surface area contributed by atoms with E-state index in [4.69, 9.17) is 0 Å². The molecule has 2 heteroatoms. The molecule has 1 heterocycles. The lowest BCUT2D eigenvalue weighted by Gasteiger charge is -2.27. The zero-order valence-electron chi connectivity index (χ0n) is 7.79. The second-order valence-corrected chi connectivity index (χ2v) is 3.56. The first kappa shape index (κ1) is 8.73. The van der Waals surface area contributed by atoms with Crippen LogP contribution in [0.2, 0.25) is 0 Å². The molecule has 0 spiro atoms. The van der Waals surface area contributed by atoms with E-state index in [0.29, 0.717) is 6.04 Å². The van der Waals surface area contributed by atoms with Gasteiger partial charge in [-0.15, -0.1) is 0 Å². The molecule has 2 nitrogen and oxygen atoms in total. The van der Waals surface area contributed by atoms with Gasteiger partial charge in [0.2, 0.25) is 0 Å². The van der Waals surface area contributed by atoms with Crippen LogP contribution in [0.1, 0.15) is 12.0 Å². The van der Waals surface area contributed by atoms with Gasteiger partial charge in [-0.25, -0.2) is 0 Å². The van der Waals surface area contributed by atoms with Gasteiger partial charge in [-0.05, 0) is 18.5 Å². The number of benzene rings is 1. The minimum atomic E-state index is 0.712. The third-order valence-electron chi connectivity index (χ3n) is 2.49. The van der Waals surface area contributed by atoms with Gasteiger partial charge in [0.05, 0.1) is 0 Å². The molecule has 0 amide bonds. The SMILES string of the molecule is c1ccc(CNCC2CCN2)cc1. The highest BCUT2D eigenvalue weighted by molar-refractivity contribution is 5.14. The van der Waals surface area contributed by atoms with Crippen molar-refractivity contribution >= 4 is 0 Å². The zero-order valence-corrected chi connectivity index (χ0v) is 7.79. The molecule has 1 fully saturated rings. The van der Waals surface area contributed by atoms with Crippen molar-refractivity contribution in [3.8, 4) is 0 Å². The molecule has 1 aromatic rings. The van der Waals surface area contributed by atoms with E-state index in [1.807, 2.05) is 0 Å². The van der Waals surface area contributed by atoms with Crippen LogP contribution in [0.25, 0.3) is 0 Å². The van der Waals surface area contributed by atoms with E-state index >= 15 is 0 Å². The third-order valence-corrected chi connectivity index (χ3v) is 2.49. The fraction of sp³-hybridized carbons (Fsp3) is 0.455. The summed E-state index contributed by atoms with van der Waals surface area (Å²) in [4.78, 5) is 0. The quantitative estimate of drug-likeness (QED) is 0.719. The Hall–Kier alpha value is -0.860. The van der Waals surface area contributed by atoms with Gasteiger partial charge >= 0.3 is 0 Å². The van der Waals surface area contributed by atoms with Gasteiger partial charge < -0.3 is 10.6 Å². The second-order valence-electron chi connectivity index (χ2n) is 3.56. The second kappa shape index (κ2) is 4.40. The molecule has 1 aliphatic rings. The minimum Gasteiger partial charge on any atom is -0.313 e. The first-order valence-electron chi connectivity index (χ1n) is 4.93. The molecule has 1 aromatic carbocycles. The molecule has 1 aliphatic heterocycles. The van der Waals surface area contributed by atoms with Gasteiger partial charge in [-0.1, -0.05) is 30.3 Å². The summed E-state index contributed by atoms with van der Waals surface area (Å²) in [6, 6.07) is 11.2. The Morgan fingerprint density at radius 3 is 2.69 bits per heavy atom. The predicted molar refractivity (Wildman–Crippen MR) is 54.6 cm³/mol. The lowest BCUT2D eigenvalue weighted by molar-refractivity contribution is 0.353. The molecule has 0 bridgehead atoms. The molecule has 0 aliphatic carbocycles. The monoisotopic (exact) mass is 176 g/mol. The van der Waals surface area contributed by atoms with Gasteiger partial charge in [-0.2, -0.15) is 0 Å². The largest absolute Gasteiger partial charge is 0.313 e. The van der Waals surface area contributed by atoms with Gasteiger partial charge in [0.1, 0.15) is 0 Å². The van der Waals surface area contributed by atoms with Crippen molar-refractivity contribution < 1.29 is 0 Å². The molecule has 1 atom stereocenters. The molecular formula is C11H16N2. The van der Waals surface area contributed by atoms with Crippen molar-refractivity contribution in [2.24, 2.45) is 0 Å². The lowest BCUT2D eigenvalue weighted by Crippen LogP contribution is -2.48. The standard InChI is InChI=1S/C11H16N2/c1-2-4-10(5-3-1)8-12-9-11-6-7-13-11/h1-5,11-13H,6-9H2. The first-order chi connectivity index (χ1) is 6.45. The van der Waals surface area contributed by atoms with Crippen molar-refractivity contribution in [1.82, 2.24) is 10.6 Å². The van der Waals surface area contributed by atoms with E-state index < -0.39 is 0 Å². The van der Waals surface area contributed by atoms with Crippen LogP contribution in [-0.2, 0) is 6.54 Å². The summed E-state index contributed by atoms with van der Waals surface area (Å²) >= 11 is 0. The van der Waals surface area contributed by atoms with Crippen LogP contribution in [0.5, 0.6) is 0 Å². The van der Waals surface area contributed by atoms with E-state index in [-0.39, 0.29) is 0 Å². The molecule has 0 aromatic heterocycles. The predicted octanol–water partition coefficient (Wildman–Crippen LogP) is 1.14. The topological polar surface area (TPSA) is 24.1 Å². The van der Waals surface area contributed by atoms with Crippen LogP contribution in [0.4, 0.5) is 0 Å². The number of nitrogens with one attached hydrogen (secondary N) is 2. The molecule has 0 saturated carbocycles. The molecule has 2 N–H and O–H groups in total. The molecule has 70 valence electrons. The molecule has 1 unspecified atom stereocenters. The Kier molecular flexibility index (Phi) is 2.95. The number of hydrogen-bond donors (Lipinski definition) is 2. The molecule has 0 radical (unpaired) electrons. The average molecular weight is 176 g/mol. The summed E-state index contributed by atoms with van der Waals surface area (Å²) in [6.45, 7) is 3.27. The Labute approximate surface area is 79.4 Å². The highest BCUT2D eigenvalue weighted by Gasteiger charge is 2.14. The van der Waals surface area contributed by atoms with Crippen LogP contribution in [0.3, 0.4) is 0 Å². The molecule has 13 heavy (non-hydrogen) atoms. The smallest absolute Gasteiger partial charge is 0.0206 e.